The molecule has 4 heteroatoms. The number of ether oxygens (including phenoxy) is 1. The molecule has 0 radical (unpaired) electrons. The minimum Gasteiger partial charge on any atom is -0.373 e. The number of morpholine rings is 1. The highest BCUT2D eigenvalue weighted by Gasteiger charge is 2.28. The van der Waals surface area contributed by atoms with E-state index < -0.39 is 0 Å². The lowest BCUT2D eigenvalue weighted by atomic mass is 10.1. The molecule has 0 aliphatic carbocycles. The first-order valence-electron chi connectivity index (χ1n) is 6.26. The smallest absolute Gasteiger partial charge is 0.0678 e. The van der Waals surface area contributed by atoms with E-state index in [9.17, 15) is 0 Å². The van der Waals surface area contributed by atoms with Crippen molar-refractivity contribution in [2.24, 2.45) is 5.73 Å². The summed E-state index contributed by atoms with van der Waals surface area (Å²) >= 11 is 1.85. The van der Waals surface area contributed by atoms with Crippen molar-refractivity contribution >= 4 is 11.3 Å². The number of thiophene rings is 1. The molecular formula is C13H22N2OS. The zero-order valence-electron chi connectivity index (χ0n) is 10.8. The lowest BCUT2D eigenvalue weighted by Crippen LogP contribution is -2.48. The van der Waals surface area contributed by atoms with E-state index >= 15 is 0 Å². The first kappa shape index (κ1) is 13.0. The maximum absolute atomic E-state index is 5.96. The molecule has 1 unspecified atom stereocenters. The summed E-state index contributed by atoms with van der Waals surface area (Å²) in [6.45, 7) is 9.05. The van der Waals surface area contributed by atoms with Gasteiger partial charge in [-0.15, -0.1) is 11.3 Å². The van der Waals surface area contributed by atoms with Crippen LogP contribution in [0.4, 0.5) is 0 Å². The lowest BCUT2D eigenvalue weighted by Gasteiger charge is -2.39. The third kappa shape index (κ3) is 3.07. The Morgan fingerprint density at radius 1 is 1.41 bits per heavy atom. The number of hydrogen-bond donors (Lipinski definition) is 1. The molecule has 0 spiro atoms. The Kier molecular flexibility index (Phi) is 4.20. The molecule has 1 aliphatic heterocycles. The summed E-state index contributed by atoms with van der Waals surface area (Å²) in [6, 6.07) is 4.74. The van der Waals surface area contributed by atoms with E-state index in [0.29, 0.717) is 24.8 Å². The first-order valence-corrected chi connectivity index (χ1v) is 7.07. The number of rotatable bonds is 3. The van der Waals surface area contributed by atoms with Crippen molar-refractivity contribution in [3.05, 3.63) is 21.9 Å². The van der Waals surface area contributed by atoms with Crippen LogP contribution in [0.15, 0.2) is 12.1 Å². The van der Waals surface area contributed by atoms with Crippen LogP contribution in [0.5, 0.6) is 0 Å². The van der Waals surface area contributed by atoms with Gasteiger partial charge in [-0.05, 0) is 32.9 Å². The highest BCUT2D eigenvalue weighted by Crippen LogP contribution is 2.29. The van der Waals surface area contributed by atoms with Crippen LogP contribution < -0.4 is 5.73 Å². The van der Waals surface area contributed by atoms with Gasteiger partial charge in [0.1, 0.15) is 0 Å². The second-order valence-corrected chi connectivity index (χ2v) is 6.23. The van der Waals surface area contributed by atoms with Crippen LogP contribution in [0, 0.1) is 6.92 Å². The van der Waals surface area contributed by atoms with Crippen LogP contribution >= 0.6 is 11.3 Å². The van der Waals surface area contributed by atoms with E-state index in [-0.39, 0.29) is 0 Å². The molecule has 96 valence electrons. The predicted octanol–water partition coefficient (Wildman–Crippen LogP) is 2.17. The lowest BCUT2D eigenvalue weighted by molar-refractivity contribution is -0.0795. The summed E-state index contributed by atoms with van der Waals surface area (Å²) < 4.78 is 5.77. The fourth-order valence-corrected chi connectivity index (χ4v) is 3.58. The summed E-state index contributed by atoms with van der Waals surface area (Å²) in [5, 5.41) is 0. The van der Waals surface area contributed by atoms with E-state index in [1.807, 2.05) is 11.3 Å². The van der Waals surface area contributed by atoms with Crippen molar-refractivity contribution in [3.8, 4) is 0 Å². The molecule has 1 aromatic rings. The molecule has 2 heterocycles. The van der Waals surface area contributed by atoms with Crippen molar-refractivity contribution in [2.75, 3.05) is 19.6 Å². The zero-order chi connectivity index (χ0) is 12.4. The number of nitrogens with two attached hydrogens (primary N) is 1. The molecule has 17 heavy (non-hydrogen) atoms. The van der Waals surface area contributed by atoms with Gasteiger partial charge >= 0.3 is 0 Å². The fourth-order valence-electron chi connectivity index (χ4n) is 2.55. The van der Waals surface area contributed by atoms with Gasteiger partial charge in [0.25, 0.3) is 0 Å². The Balaban J connectivity index is 2.12. The van der Waals surface area contributed by atoms with Crippen molar-refractivity contribution < 1.29 is 4.74 Å². The van der Waals surface area contributed by atoms with Gasteiger partial charge < -0.3 is 10.5 Å². The molecule has 1 aromatic heterocycles. The van der Waals surface area contributed by atoms with Crippen LogP contribution in [-0.2, 0) is 4.74 Å². The van der Waals surface area contributed by atoms with E-state index in [4.69, 9.17) is 10.5 Å². The molecule has 0 saturated carbocycles. The summed E-state index contributed by atoms with van der Waals surface area (Å²) in [6.07, 6.45) is 0.600. The number of nitrogens with zero attached hydrogens (tertiary/aromatic N) is 1. The first-order chi connectivity index (χ1) is 8.10. The average molecular weight is 254 g/mol. The predicted molar refractivity (Wildman–Crippen MR) is 72.4 cm³/mol. The molecule has 0 amide bonds. The average Bonchev–Trinajstić information content (AvgIpc) is 2.64. The number of aryl methyl sites for hydroxylation is 1. The van der Waals surface area contributed by atoms with Gasteiger partial charge in [-0.3, -0.25) is 4.90 Å². The Bertz CT molecular complexity index is 356. The standard InChI is InChI=1S/C13H22N2OS/c1-9-7-15(8-10(2)16-9)12(6-14)13-5-4-11(3)17-13/h4-5,9-10,12H,6-8,14H2,1-3H3/t9-,10+,12?. The summed E-state index contributed by atoms with van der Waals surface area (Å²) in [4.78, 5) is 5.20. The molecule has 0 aromatic carbocycles. The number of hydrogen-bond acceptors (Lipinski definition) is 4. The van der Waals surface area contributed by atoms with Crippen LogP contribution in [-0.4, -0.2) is 36.7 Å². The Hall–Kier alpha value is -0.420. The molecule has 1 fully saturated rings. The highest BCUT2D eigenvalue weighted by molar-refractivity contribution is 7.12. The maximum Gasteiger partial charge on any atom is 0.0678 e. The molecule has 1 aliphatic rings. The van der Waals surface area contributed by atoms with Gasteiger partial charge in [-0.25, -0.2) is 0 Å². The monoisotopic (exact) mass is 254 g/mol. The Morgan fingerprint density at radius 3 is 2.53 bits per heavy atom. The van der Waals surface area contributed by atoms with Gasteiger partial charge in [0, 0.05) is 29.4 Å². The van der Waals surface area contributed by atoms with E-state index in [2.05, 4.69) is 37.8 Å². The highest BCUT2D eigenvalue weighted by atomic mass is 32.1. The SMILES string of the molecule is Cc1ccc(C(CN)N2C[C@@H](C)O[C@@H](C)C2)s1. The van der Waals surface area contributed by atoms with Crippen LogP contribution in [0.1, 0.15) is 29.6 Å². The zero-order valence-corrected chi connectivity index (χ0v) is 11.7. The van der Waals surface area contributed by atoms with Crippen molar-refractivity contribution in [3.63, 3.8) is 0 Å². The van der Waals surface area contributed by atoms with Crippen LogP contribution in [0.3, 0.4) is 0 Å². The van der Waals surface area contributed by atoms with Gasteiger partial charge in [0.05, 0.1) is 18.2 Å². The van der Waals surface area contributed by atoms with Gasteiger partial charge in [0.2, 0.25) is 0 Å². The van der Waals surface area contributed by atoms with Crippen LogP contribution in [0.2, 0.25) is 0 Å². The second-order valence-electron chi connectivity index (χ2n) is 4.91. The second kappa shape index (κ2) is 5.48. The largest absolute Gasteiger partial charge is 0.373 e. The summed E-state index contributed by atoms with van der Waals surface area (Å²) in [5.41, 5.74) is 5.96. The molecule has 0 bridgehead atoms. The molecule has 3 nitrogen and oxygen atoms in total. The van der Waals surface area contributed by atoms with Crippen LogP contribution in [0.25, 0.3) is 0 Å². The minimum absolute atomic E-state index is 0.300. The topological polar surface area (TPSA) is 38.5 Å². The fraction of sp³-hybridized carbons (Fsp3) is 0.692. The van der Waals surface area contributed by atoms with Gasteiger partial charge in [-0.2, -0.15) is 0 Å². The molecule has 2 rings (SSSR count). The summed E-state index contributed by atoms with van der Waals surface area (Å²) in [5.74, 6) is 0. The minimum atomic E-state index is 0.300. The third-order valence-corrected chi connectivity index (χ3v) is 4.30. The van der Waals surface area contributed by atoms with Crippen molar-refractivity contribution in [2.45, 2.75) is 39.0 Å². The van der Waals surface area contributed by atoms with E-state index in [0.717, 1.165) is 13.1 Å². The van der Waals surface area contributed by atoms with Crippen molar-refractivity contribution in [1.82, 2.24) is 4.90 Å². The normalized spacial score (nSPS) is 28.2. The van der Waals surface area contributed by atoms with E-state index in [1.165, 1.54) is 9.75 Å². The van der Waals surface area contributed by atoms with Gasteiger partial charge in [0.15, 0.2) is 0 Å². The quantitative estimate of drug-likeness (QED) is 0.898. The Labute approximate surface area is 108 Å². The van der Waals surface area contributed by atoms with Crippen molar-refractivity contribution in [1.29, 1.82) is 0 Å². The Morgan fingerprint density at radius 2 is 2.06 bits per heavy atom. The maximum atomic E-state index is 5.96. The molecule has 2 N–H and O–H groups in total. The van der Waals surface area contributed by atoms with E-state index in [1.54, 1.807) is 0 Å². The summed E-state index contributed by atoms with van der Waals surface area (Å²) in [7, 11) is 0. The molecule has 3 atom stereocenters. The van der Waals surface area contributed by atoms with Gasteiger partial charge in [-0.1, -0.05) is 0 Å². The molecule has 1 saturated heterocycles. The molecular weight excluding hydrogens is 232 g/mol. The third-order valence-electron chi connectivity index (χ3n) is 3.20.